The summed E-state index contributed by atoms with van der Waals surface area (Å²) in [5.74, 6) is 5.76. The largest absolute Gasteiger partial charge is 0.271 e. The van der Waals surface area contributed by atoms with Crippen molar-refractivity contribution in [2.45, 2.75) is 25.3 Å². The molecule has 3 N–H and O–H groups in total. The third-order valence-corrected chi connectivity index (χ3v) is 5.85. The lowest BCUT2D eigenvalue weighted by molar-refractivity contribution is 0.408. The number of benzene rings is 1. The summed E-state index contributed by atoms with van der Waals surface area (Å²) in [5, 5.41) is 0.365. The molecule has 20 heavy (non-hydrogen) atoms. The fraction of sp³-hybridized carbons (Fsp3) is 0.538. The van der Waals surface area contributed by atoms with Gasteiger partial charge in [-0.3, -0.25) is 11.3 Å². The Labute approximate surface area is 123 Å². The first-order valence-electron chi connectivity index (χ1n) is 6.50. The molecule has 112 valence electrons. The quantitative estimate of drug-likeness (QED) is 0.639. The van der Waals surface area contributed by atoms with Crippen LogP contribution in [0.4, 0.5) is 4.39 Å². The van der Waals surface area contributed by atoms with Crippen LogP contribution in [0.3, 0.4) is 0 Å². The highest BCUT2D eigenvalue weighted by atomic mass is 35.5. The molecule has 2 rings (SSSR count). The molecule has 1 aliphatic heterocycles. The van der Waals surface area contributed by atoms with Gasteiger partial charge in [-0.15, -0.1) is 0 Å². The van der Waals surface area contributed by atoms with E-state index in [2.05, 4.69) is 5.43 Å². The molecule has 2 atom stereocenters. The second-order valence-corrected chi connectivity index (χ2v) is 7.94. The molecular formula is C13H18ClFN2O2S. The first-order chi connectivity index (χ1) is 9.39. The summed E-state index contributed by atoms with van der Waals surface area (Å²) in [6, 6.07) is 4.18. The minimum absolute atomic E-state index is 0.0729. The molecule has 0 radical (unpaired) electrons. The summed E-state index contributed by atoms with van der Waals surface area (Å²) in [6.45, 7) is 0. The molecule has 1 fully saturated rings. The van der Waals surface area contributed by atoms with E-state index < -0.39 is 9.84 Å². The van der Waals surface area contributed by atoms with Gasteiger partial charge in [-0.1, -0.05) is 17.7 Å². The molecule has 0 bridgehead atoms. The van der Waals surface area contributed by atoms with Gasteiger partial charge < -0.3 is 0 Å². The number of hydrazine groups is 1. The van der Waals surface area contributed by atoms with E-state index in [1.165, 1.54) is 12.1 Å². The van der Waals surface area contributed by atoms with E-state index in [0.29, 0.717) is 24.3 Å². The van der Waals surface area contributed by atoms with Crippen LogP contribution in [0, 0.1) is 11.7 Å². The SMILES string of the molecule is NNC(Cc1ccc(F)cc1Cl)CC1CCS(=O)(=O)C1. The molecule has 1 aromatic carbocycles. The first kappa shape index (κ1) is 15.7. The number of hydrogen-bond acceptors (Lipinski definition) is 4. The average molecular weight is 321 g/mol. The van der Waals surface area contributed by atoms with Crippen molar-refractivity contribution in [2.75, 3.05) is 11.5 Å². The maximum absolute atomic E-state index is 13.0. The van der Waals surface area contributed by atoms with Crippen molar-refractivity contribution < 1.29 is 12.8 Å². The van der Waals surface area contributed by atoms with Crippen molar-refractivity contribution in [2.24, 2.45) is 11.8 Å². The maximum atomic E-state index is 13.0. The van der Waals surface area contributed by atoms with Gasteiger partial charge in [0, 0.05) is 11.1 Å². The Kier molecular flexibility index (Phi) is 5.01. The maximum Gasteiger partial charge on any atom is 0.150 e. The van der Waals surface area contributed by atoms with Crippen LogP contribution >= 0.6 is 11.6 Å². The van der Waals surface area contributed by atoms with Gasteiger partial charge in [0.15, 0.2) is 9.84 Å². The molecule has 1 aliphatic rings. The smallest absolute Gasteiger partial charge is 0.150 e. The van der Waals surface area contributed by atoms with E-state index >= 15 is 0 Å². The van der Waals surface area contributed by atoms with Gasteiger partial charge in [-0.05, 0) is 42.9 Å². The molecule has 0 aromatic heterocycles. The second kappa shape index (κ2) is 6.39. The summed E-state index contributed by atoms with van der Waals surface area (Å²) in [5.41, 5.74) is 3.50. The van der Waals surface area contributed by atoms with Gasteiger partial charge in [0.25, 0.3) is 0 Å². The minimum atomic E-state index is -2.88. The number of sulfone groups is 1. The Morgan fingerprint density at radius 2 is 2.25 bits per heavy atom. The summed E-state index contributed by atoms with van der Waals surface area (Å²) < 4.78 is 35.9. The molecule has 0 spiro atoms. The molecule has 0 aliphatic carbocycles. The zero-order valence-corrected chi connectivity index (χ0v) is 12.6. The summed E-state index contributed by atoms with van der Waals surface area (Å²) in [6.07, 6.45) is 1.90. The topological polar surface area (TPSA) is 72.2 Å². The van der Waals surface area contributed by atoms with Crippen LogP contribution < -0.4 is 11.3 Å². The van der Waals surface area contributed by atoms with Crippen LogP contribution in [0.25, 0.3) is 0 Å². The molecular weight excluding hydrogens is 303 g/mol. The van der Waals surface area contributed by atoms with Crippen molar-refractivity contribution in [1.82, 2.24) is 5.43 Å². The number of hydrogen-bond donors (Lipinski definition) is 2. The normalized spacial score (nSPS) is 22.9. The number of nitrogens with one attached hydrogen (secondary N) is 1. The molecule has 1 heterocycles. The van der Waals surface area contributed by atoms with E-state index in [9.17, 15) is 12.8 Å². The van der Waals surface area contributed by atoms with E-state index in [1.54, 1.807) is 6.07 Å². The number of halogens is 2. The predicted molar refractivity (Wildman–Crippen MR) is 77.6 cm³/mol. The Balaban J connectivity index is 1.99. The Morgan fingerprint density at radius 3 is 2.80 bits per heavy atom. The highest BCUT2D eigenvalue weighted by molar-refractivity contribution is 7.91. The van der Waals surface area contributed by atoms with E-state index in [-0.39, 0.29) is 29.3 Å². The summed E-state index contributed by atoms with van der Waals surface area (Å²) in [4.78, 5) is 0. The van der Waals surface area contributed by atoms with Gasteiger partial charge >= 0.3 is 0 Å². The third kappa shape index (κ3) is 4.15. The van der Waals surface area contributed by atoms with Gasteiger partial charge in [-0.2, -0.15) is 0 Å². The number of rotatable bonds is 5. The molecule has 1 saturated heterocycles. The molecule has 0 amide bonds. The van der Waals surface area contributed by atoms with Crippen molar-refractivity contribution >= 4 is 21.4 Å². The highest BCUT2D eigenvalue weighted by Gasteiger charge is 2.29. The highest BCUT2D eigenvalue weighted by Crippen LogP contribution is 2.25. The molecule has 1 aromatic rings. The molecule has 2 unspecified atom stereocenters. The lowest BCUT2D eigenvalue weighted by Crippen LogP contribution is -2.38. The lowest BCUT2D eigenvalue weighted by Gasteiger charge is -2.19. The molecule has 7 heteroatoms. The van der Waals surface area contributed by atoms with E-state index in [1.807, 2.05) is 0 Å². The second-order valence-electron chi connectivity index (χ2n) is 5.31. The van der Waals surface area contributed by atoms with Crippen molar-refractivity contribution in [3.05, 3.63) is 34.6 Å². The minimum Gasteiger partial charge on any atom is -0.271 e. The lowest BCUT2D eigenvalue weighted by atomic mass is 9.95. The fourth-order valence-electron chi connectivity index (χ4n) is 2.62. The van der Waals surface area contributed by atoms with Crippen LogP contribution in [0.2, 0.25) is 5.02 Å². The fourth-order valence-corrected chi connectivity index (χ4v) is 4.75. The number of nitrogens with two attached hydrogens (primary N) is 1. The van der Waals surface area contributed by atoms with Gasteiger partial charge in [-0.25, -0.2) is 12.8 Å². The average Bonchev–Trinajstić information content (AvgIpc) is 2.71. The van der Waals surface area contributed by atoms with Gasteiger partial charge in [0.2, 0.25) is 0 Å². The Morgan fingerprint density at radius 1 is 1.50 bits per heavy atom. The Bertz CT molecular complexity index is 580. The van der Waals surface area contributed by atoms with Crippen molar-refractivity contribution in [3.8, 4) is 0 Å². The Hall–Kier alpha value is -0.690. The zero-order valence-electron chi connectivity index (χ0n) is 11.0. The molecule has 0 saturated carbocycles. The van der Waals surface area contributed by atoms with E-state index in [0.717, 1.165) is 5.56 Å². The van der Waals surface area contributed by atoms with Crippen LogP contribution in [0.1, 0.15) is 18.4 Å². The van der Waals surface area contributed by atoms with Crippen molar-refractivity contribution in [1.29, 1.82) is 0 Å². The standard InChI is InChI=1S/C13H18ClFN2O2S/c14-13-7-11(15)2-1-10(13)6-12(17-16)5-9-3-4-20(18,19)8-9/h1-2,7,9,12,17H,3-6,8,16H2. The van der Waals surface area contributed by atoms with Crippen LogP contribution in [-0.4, -0.2) is 26.0 Å². The summed E-state index contributed by atoms with van der Waals surface area (Å²) >= 11 is 5.99. The van der Waals surface area contributed by atoms with Crippen LogP contribution in [0.15, 0.2) is 18.2 Å². The van der Waals surface area contributed by atoms with Crippen LogP contribution in [-0.2, 0) is 16.3 Å². The van der Waals surface area contributed by atoms with Crippen LogP contribution in [0.5, 0.6) is 0 Å². The first-order valence-corrected chi connectivity index (χ1v) is 8.70. The monoisotopic (exact) mass is 320 g/mol. The molecule has 4 nitrogen and oxygen atoms in total. The van der Waals surface area contributed by atoms with E-state index in [4.69, 9.17) is 17.4 Å². The third-order valence-electron chi connectivity index (χ3n) is 3.66. The van der Waals surface area contributed by atoms with Gasteiger partial charge in [0.05, 0.1) is 11.5 Å². The zero-order chi connectivity index (χ0) is 14.8. The van der Waals surface area contributed by atoms with Gasteiger partial charge in [0.1, 0.15) is 5.82 Å². The summed E-state index contributed by atoms with van der Waals surface area (Å²) in [7, 11) is -2.88. The predicted octanol–water partition coefficient (Wildman–Crippen LogP) is 1.68. The van der Waals surface area contributed by atoms with Crippen molar-refractivity contribution in [3.63, 3.8) is 0 Å².